The minimum atomic E-state index is -0.737. The molecule has 0 heterocycles. The molecule has 0 fully saturated rings. The summed E-state index contributed by atoms with van der Waals surface area (Å²) < 4.78 is 14.8. The zero-order valence-electron chi connectivity index (χ0n) is 16.0. The molecule has 0 saturated heterocycles. The predicted octanol–water partition coefficient (Wildman–Crippen LogP) is 4.43. The van der Waals surface area contributed by atoms with E-state index >= 15 is 0 Å². The van der Waals surface area contributed by atoms with Crippen molar-refractivity contribution in [2.75, 3.05) is 18.3 Å². The van der Waals surface area contributed by atoms with Crippen LogP contribution < -0.4 is 16.5 Å². The standard InChI is InChI=1S/C17H20ClFN4O2.C2H6/c1-4-5-13(11(2)8-9-18)22-16-12(17(24)23-25-3)6-7-14(15(16)19)21-10-20;1-2/h4-8,10,22H,1,9H2,2-3H3,(H2,20,21)(H,23,24);1-2H3/b11-8-,13-5+;. The molecule has 0 atom stereocenters. The molecule has 1 rings (SSSR count). The summed E-state index contributed by atoms with van der Waals surface area (Å²) in [5.41, 5.74) is 8.60. The van der Waals surface area contributed by atoms with Crippen molar-refractivity contribution in [2.45, 2.75) is 20.8 Å². The van der Waals surface area contributed by atoms with Crippen LogP contribution in [0.25, 0.3) is 0 Å². The molecule has 148 valence electrons. The molecule has 0 spiro atoms. The molecule has 0 aliphatic carbocycles. The minimum Gasteiger partial charge on any atom is -0.390 e. The summed E-state index contributed by atoms with van der Waals surface area (Å²) in [7, 11) is 1.28. The van der Waals surface area contributed by atoms with E-state index in [1.165, 1.54) is 25.3 Å². The zero-order chi connectivity index (χ0) is 20.8. The number of allylic oxidation sites excluding steroid dienone is 4. The van der Waals surface area contributed by atoms with E-state index in [4.69, 9.17) is 17.3 Å². The molecule has 1 amide bonds. The van der Waals surface area contributed by atoms with Gasteiger partial charge in [-0.1, -0.05) is 32.6 Å². The average Bonchev–Trinajstić information content (AvgIpc) is 2.66. The molecular weight excluding hydrogens is 371 g/mol. The van der Waals surface area contributed by atoms with Crippen molar-refractivity contribution < 1.29 is 14.0 Å². The number of benzene rings is 1. The number of nitrogens with one attached hydrogen (secondary N) is 2. The van der Waals surface area contributed by atoms with Crippen molar-refractivity contribution in [3.63, 3.8) is 0 Å². The Balaban J connectivity index is 0.00000326. The number of hydrogen-bond acceptors (Lipinski definition) is 4. The highest BCUT2D eigenvalue weighted by Crippen LogP contribution is 2.31. The van der Waals surface area contributed by atoms with Gasteiger partial charge in [0.05, 0.1) is 24.7 Å². The van der Waals surface area contributed by atoms with Crippen LogP contribution in [0.5, 0.6) is 0 Å². The van der Waals surface area contributed by atoms with E-state index < -0.39 is 11.7 Å². The van der Waals surface area contributed by atoms with Crippen molar-refractivity contribution in [1.29, 1.82) is 0 Å². The van der Waals surface area contributed by atoms with Gasteiger partial charge in [0.2, 0.25) is 0 Å². The molecule has 0 aromatic heterocycles. The highest BCUT2D eigenvalue weighted by molar-refractivity contribution is 6.19. The molecule has 1 aromatic carbocycles. The number of hydroxylamine groups is 1. The fourth-order valence-corrected chi connectivity index (χ4v) is 2.19. The summed E-state index contributed by atoms with van der Waals surface area (Å²) in [4.78, 5) is 20.5. The van der Waals surface area contributed by atoms with Gasteiger partial charge in [-0.3, -0.25) is 9.63 Å². The first kappa shape index (κ1) is 24.4. The van der Waals surface area contributed by atoms with Gasteiger partial charge in [0.1, 0.15) is 5.69 Å². The molecule has 1 aromatic rings. The Morgan fingerprint density at radius 3 is 2.63 bits per heavy atom. The number of nitrogens with two attached hydrogens (primary N) is 1. The molecule has 0 aliphatic rings. The molecule has 0 aliphatic heterocycles. The van der Waals surface area contributed by atoms with Crippen LogP contribution in [0.3, 0.4) is 0 Å². The molecule has 4 N–H and O–H groups in total. The van der Waals surface area contributed by atoms with E-state index in [1.807, 2.05) is 13.8 Å². The maximum absolute atomic E-state index is 14.8. The van der Waals surface area contributed by atoms with Gasteiger partial charge >= 0.3 is 0 Å². The monoisotopic (exact) mass is 396 g/mol. The summed E-state index contributed by atoms with van der Waals surface area (Å²) in [6, 6.07) is 2.75. The number of amides is 1. The second kappa shape index (κ2) is 13.5. The number of aliphatic imine (C=N–C) groups is 1. The first-order valence-electron chi connectivity index (χ1n) is 8.23. The number of alkyl halides is 1. The van der Waals surface area contributed by atoms with Crippen molar-refractivity contribution in [3.8, 4) is 0 Å². The van der Waals surface area contributed by atoms with E-state index in [0.717, 1.165) is 11.9 Å². The summed E-state index contributed by atoms with van der Waals surface area (Å²) in [6.45, 7) is 9.42. The van der Waals surface area contributed by atoms with Gasteiger partial charge < -0.3 is 11.1 Å². The fraction of sp³-hybridized carbons (Fsp3) is 0.263. The van der Waals surface area contributed by atoms with Gasteiger partial charge in [-0.05, 0) is 30.7 Å². The summed E-state index contributed by atoms with van der Waals surface area (Å²) in [5.74, 6) is -1.08. The van der Waals surface area contributed by atoms with Crippen molar-refractivity contribution >= 4 is 35.2 Å². The van der Waals surface area contributed by atoms with Crippen LogP contribution in [-0.4, -0.2) is 25.2 Å². The van der Waals surface area contributed by atoms with E-state index in [9.17, 15) is 9.18 Å². The molecule has 8 heteroatoms. The van der Waals surface area contributed by atoms with Crippen LogP contribution in [0.1, 0.15) is 31.1 Å². The number of carbonyl (C=O) groups is 1. The van der Waals surface area contributed by atoms with Crippen LogP contribution in [0, 0.1) is 5.82 Å². The van der Waals surface area contributed by atoms with E-state index in [0.29, 0.717) is 5.70 Å². The molecule has 0 saturated carbocycles. The van der Waals surface area contributed by atoms with Crippen LogP contribution in [0.15, 0.2) is 53.2 Å². The van der Waals surface area contributed by atoms with E-state index in [-0.39, 0.29) is 22.8 Å². The number of halogens is 2. The Hall–Kier alpha value is -2.64. The number of anilines is 1. The smallest absolute Gasteiger partial charge is 0.277 e. The Morgan fingerprint density at radius 1 is 1.44 bits per heavy atom. The third-order valence-corrected chi connectivity index (χ3v) is 3.28. The number of nitrogens with zero attached hydrogens (tertiary/aromatic N) is 1. The largest absolute Gasteiger partial charge is 0.390 e. The third kappa shape index (κ3) is 7.24. The molecule has 0 bridgehead atoms. The lowest BCUT2D eigenvalue weighted by molar-refractivity contribution is 0.0538. The lowest BCUT2D eigenvalue weighted by Gasteiger charge is -2.16. The summed E-state index contributed by atoms with van der Waals surface area (Å²) >= 11 is 5.72. The summed E-state index contributed by atoms with van der Waals surface area (Å²) in [6.07, 6.45) is 5.87. The second-order valence-corrected chi connectivity index (χ2v) is 5.03. The quantitative estimate of drug-likeness (QED) is 0.199. The first-order chi connectivity index (χ1) is 13.0. The van der Waals surface area contributed by atoms with Gasteiger partial charge in [-0.2, -0.15) is 0 Å². The van der Waals surface area contributed by atoms with Gasteiger partial charge in [0.15, 0.2) is 5.82 Å². The Labute approximate surface area is 164 Å². The Kier molecular flexibility index (Phi) is 12.2. The van der Waals surface area contributed by atoms with Crippen LogP contribution in [0.2, 0.25) is 0 Å². The van der Waals surface area contributed by atoms with Crippen LogP contribution in [0.4, 0.5) is 15.8 Å². The maximum Gasteiger partial charge on any atom is 0.277 e. The van der Waals surface area contributed by atoms with Gasteiger partial charge in [-0.15, -0.1) is 11.6 Å². The second-order valence-electron chi connectivity index (χ2n) is 4.72. The Morgan fingerprint density at radius 2 is 2.11 bits per heavy atom. The van der Waals surface area contributed by atoms with Crippen molar-refractivity contribution in [3.05, 3.63) is 59.6 Å². The molecule has 6 nitrogen and oxygen atoms in total. The molecule has 0 radical (unpaired) electrons. The molecule has 27 heavy (non-hydrogen) atoms. The first-order valence-corrected chi connectivity index (χ1v) is 8.76. The number of hydrogen-bond donors (Lipinski definition) is 3. The Bertz CT molecular complexity index is 731. The van der Waals surface area contributed by atoms with Crippen molar-refractivity contribution in [1.82, 2.24) is 5.48 Å². The van der Waals surface area contributed by atoms with Gasteiger partial charge in [-0.25, -0.2) is 14.9 Å². The van der Waals surface area contributed by atoms with Crippen LogP contribution in [-0.2, 0) is 4.84 Å². The number of carbonyl (C=O) groups excluding carboxylic acids is 1. The van der Waals surface area contributed by atoms with Crippen molar-refractivity contribution in [2.24, 2.45) is 10.7 Å². The number of rotatable bonds is 8. The summed E-state index contributed by atoms with van der Waals surface area (Å²) in [5, 5.41) is 2.90. The van der Waals surface area contributed by atoms with Crippen LogP contribution >= 0.6 is 11.6 Å². The SMILES string of the molecule is C=C/C=C(Nc1c(C(=O)NOC)ccc(N=CN)c1F)\C(C)=C/CCl.CC. The highest BCUT2D eigenvalue weighted by atomic mass is 35.5. The molecule has 0 unspecified atom stereocenters. The predicted molar refractivity (Wildman–Crippen MR) is 111 cm³/mol. The normalized spacial score (nSPS) is 11.6. The maximum atomic E-state index is 14.8. The average molecular weight is 397 g/mol. The zero-order valence-corrected chi connectivity index (χ0v) is 16.7. The fourth-order valence-electron chi connectivity index (χ4n) is 1.95. The van der Waals surface area contributed by atoms with E-state index in [2.05, 4.69) is 27.2 Å². The molecular formula is C19H26ClFN4O2. The lowest BCUT2D eigenvalue weighted by atomic mass is 10.1. The van der Waals surface area contributed by atoms with E-state index in [1.54, 1.807) is 19.1 Å². The lowest BCUT2D eigenvalue weighted by Crippen LogP contribution is -2.23. The van der Waals surface area contributed by atoms with Gasteiger partial charge in [0.25, 0.3) is 5.91 Å². The van der Waals surface area contributed by atoms with Gasteiger partial charge in [0, 0.05) is 11.6 Å². The third-order valence-electron chi connectivity index (χ3n) is 3.13. The highest BCUT2D eigenvalue weighted by Gasteiger charge is 2.19. The topological polar surface area (TPSA) is 88.7 Å². The minimum absolute atomic E-state index is 0.0177.